The van der Waals surface area contributed by atoms with Gasteiger partial charge in [0.05, 0.1) is 12.1 Å². The van der Waals surface area contributed by atoms with E-state index in [2.05, 4.69) is 34.4 Å². The van der Waals surface area contributed by atoms with Crippen molar-refractivity contribution in [3.63, 3.8) is 0 Å². The van der Waals surface area contributed by atoms with Gasteiger partial charge in [-0.1, -0.05) is 47.5 Å². The predicted molar refractivity (Wildman–Crippen MR) is 106 cm³/mol. The number of nitrogens with zero attached hydrogens (tertiary/aromatic N) is 1. The normalized spacial score (nSPS) is 19.4. The van der Waals surface area contributed by atoms with Crippen molar-refractivity contribution < 1.29 is 4.79 Å². The Bertz CT molecular complexity index is 1010. The molecule has 4 nitrogen and oxygen atoms in total. The summed E-state index contributed by atoms with van der Waals surface area (Å²) in [5, 5.41) is 8.59. The van der Waals surface area contributed by atoms with Crippen LogP contribution in [0.25, 0.3) is 10.9 Å². The van der Waals surface area contributed by atoms with Gasteiger partial charge in [-0.25, -0.2) is 0 Å². The molecule has 0 radical (unpaired) electrons. The Morgan fingerprint density at radius 3 is 2.73 bits per heavy atom. The van der Waals surface area contributed by atoms with Crippen LogP contribution in [0.1, 0.15) is 22.9 Å². The number of fused-ring (bicyclic) bond motifs is 3. The minimum Gasteiger partial charge on any atom is -0.358 e. The Labute approximate surface area is 162 Å². The lowest BCUT2D eigenvalue weighted by Crippen LogP contribution is -2.49. The third kappa shape index (κ3) is 2.69. The molecule has 0 bridgehead atoms. The quantitative estimate of drug-likeness (QED) is 0.701. The van der Waals surface area contributed by atoms with E-state index in [1.54, 1.807) is 13.1 Å². The summed E-state index contributed by atoms with van der Waals surface area (Å²) in [6.07, 6.45) is 0.637. The summed E-state index contributed by atoms with van der Waals surface area (Å²) >= 11 is 12.6. The van der Waals surface area contributed by atoms with Crippen molar-refractivity contribution in [1.82, 2.24) is 15.2 Å². The molecule has 0 spiro atoms. The maximum absolute atomic E-state index is 12.4. The molecule has 1 aliphatic rings. The lowest BCUT2D eigenvalue weighted by atomic mass is 9.90. The molecule has 0 fully saturated rings. The molecule has 4 rings (SSSR count). The highest BCUT2D eigenvalue weighted by Crippen LogP contribution is 2.39. The maximum atomic E-state index is 12.4. The molecule has 0 aliphatic carbocycles. The van der Waals surface area contributed by atoms with Crippen LogP contribution < -0.4 is 10.6 Å². The number of likely N-dealkylation sites (N-methyl/N-ethyl adjacent to an activating group) is 1. The van der Waals surface area contributed by atoms with Gasteiger partial charge in [0.15, 0.2) is 0 Å². The van der Waals surface area contributed by atoms with Gasteiger partial charge in [-0.2, -0.15) is 0 Å². The van der Waals surface area contributed by atoms with Crippen LogP contribution in [0.4, 0.5) is 0 Å². The first kappa shape index (κ1) is 17.4. The van der Waals surface area contributed by atoms with Gasteiger partial charge >= 0.3 is 0 Å². The van der Waals surface area contributed by atoms with E-state index in [1.165, 1.54) is 10.9 Å². The van der Waals surface area contributed by atoms with Crippen LogP contribution in [-0.2, 0) is 18.3 Å². The fraction of sp³-hybridized carbons (Fsp3) is 0.250. The van der Waals surface area contributed by atoms with E-state index in [4.69, 9.17) is 23.2 Å². The SMILES string of the molecule is CNC(=O)[C@@H]1Cc2c(n(C)c3ccccc23)[C@@H](c2ccc(Cl)cc2Cl)N1. The van der Waals surface area contributed by atoms with E-state index < -0.39 is 0 Å². The van der Waals surface area contributed by atoms with Crippen molar-refractivity contribution >= 4 is 40.0 Å². The fourth-order valence-corrected chi connectivity index (χ4v) is 4.45. The molecule has 2 heterocycles. The number of amides is 1. The molecule has 0 unspecified atom stereocenters. The van der Waals surface area contributed by atoms with Crippen molar-refractivity contribution in [2.45, 2.75) is 18.5 Å². The van der Waals surface area contributed by atoms with Gasteiger partial charge in [0.1, 0.15) is 0 Å². The lowest BCUT2D eigenvalue weighted by Gasteiger charge is -2.32. The Morgan fingerprint density at radius 1 is 1.23 bits per heavy atom. The molecule has 3 aromatic rings. The first-order chi connectivity index (χ1) is 12.5. The van der Waals surface area contributed by atoms with Gasteiger partial charge in [0, 0.05) is 40.7 Å². The van der Waals surface area contributed by atoms with E-state index in [0.717, 1.165) is 16.8 Å². The van der Waals surface area contributed by atoms with Crippen molar-refractivity contribution in [3.05, 3.63) is 69.3 Å². The molecular formula is C20H19Cl2N3O. The molecule has 2 N–H and O–H groups in total. The molecule has 26 heavy (non-hydrogen) atoms. The Hall–Kier alpha value is -2.01. The van der Waals surface area contributed by atoms with E-state index in [-0.39, 0.29) is 18.0 Å². The second-order valence-electron chi connectivity index (χ2n) is 6.58. The van der Waals surface area contributed by atoms with Crippen LogP contribution in [0, 0.1) is 0 Å². The molecule has 0 saturated heterocycles. The monoisotopic (exact) mass is 387 g/mol. The standard InChI is InChI=1S/C20H19Cl2N3O/c1-23-20(26)16-10-14-12-5-3-4-6-17(12)25(2)19(14)18(24-16)13-8-7-11(21)9-15(13)22/h3-9,16,18,24H,10H2,1-2H3,(H,23,26)/t16-,18+/m0/s1. The van der Waals surface area contributed by atoms with Gasteiger partial charge in [-0.3, -0.25) is 10.1 Å². The zero-order valence-electron chi connectivity index (χ0n) is 14.5. The van der Waals surface area contributed by atoms with E-state index >= 15 is 0 Å². The van der Waals surface area contributed by atoms with Gasteiger partial charge in [-0.15, -0.1) is 0 Å². The number of halogens is 2. The lowest BCUT2D eigenvalue weighted by molar-refractivity contribution is -0.122. The third-order valence-corrected chi connectivity index (χ3v) is 5.71. The first-order valence-electron chi connectivity index (χ1n) is 8.50. The number of aromatic nitrogens is 1. The largest absolute Gasteiger partial charge is 0.358 e. The number of benzene rings is 2. The highest BCUT2D eigenvalue weighted by molar-refractivity contribution is 6.35. The van der Waals surface area contributed by atoms with E-state index in [9.17, 15) is 4.79 Å². The van der Waals surface area contributed by atoms with Crippen LogP contribution in [-0.4, -0.2) is 23.6 Å². The maximum Gasteiger partial charge on any atom is 0.237 e. The minimum absolute atomic E-state index is 0.0290. The van der Waals surface area contributed by atoms with E-state index in [0.29, 0.717) is 16.5 Å². The number of para-hydroxylation sites is 1. The smallest absolute Gasteiger partial charge is 0.237 e. The average molecular weight is 388 g/mol. The van der Waals surface area contributed by atoms with Crippen molar-refractivity contribution in [3.8, 4) is 0 Å². The van der Waals surface area contributed by atoms with Gasteiger partial charge in [0.2, 0.25) is 5.91 Å². The number of rotatable bonds is 2. The van der Waals surface area contributed by atoms with Crippen LogP contribution in [0.3, 0.4) is 0 Å². The van der Waals surface area contributed by atoms with Crippen molar-refractivity contribution in [2.24, 2.45) is 7.05 Å². The molecular weight excluding hydrogens is 369 g/mol. The fourth-order valence-electron chi connectivity index (χ4n) is 3.93. The number of hydrogen-bond acceptors (Lipinski definition) is 2. The van der Waals surface area contributed by atoms with Gasteiger partial charge < -0.3 is 9.88 Å². The molecule has 2 aromatic carbocycles. The Morgan fingerprint density at radius 2 is 2.00 bits per heavy atom. The topological polar surface area (TPSA) is 46.1 Å². The number of carbonyl (C=O) groups is 1. The predicted octanol–water partition coefficient (Wildman–Crippen LogP) is 3.83. The van der Waals surface area contributed by atoms with Gasteiger partial charge in [0.25, 0.3) is 0 Å². The molecule has 1 aliphatic heterocycles. The molecule has 1 aromatic heterocycles. The van der Waals surface area contributed by atoms with E-state index in [1.807, 2.05) is 24.3 Å². The van der Waals surface area contributed by atoms with Crippen LogP contribution >= 0.6 is 23.2 Å². The zero-order chi connectivity index (χ0) is 18.4. The molecule has 2 atom stereocenters. The van der Waals surface area contributed by atoms with Crippen LogP contribution in [0.5, 0.6) is 0 Å². The summed E-state index contributed by atoms with van der Waals surface area (Å²) in [5.74, 6) is -0.0290. The second kappa shape index (κ2) is 6.62. The molecule has 134 valence electrons. The number of hydrogen-bond donors (Lipinski definition) is 2. The van der Waals surface area contributed by atoms with Crippen molar-refractivity contribution in [2.75, 3.05) is 7.05 Å². The zero-order valence-corrected chi connectivity index (χ0v) is 16.0. The Kier molecular flexibility index (Phi) is 4.43. The molecule has 6 heteroatoms. The minimum atomic E-state index is -0.324. The van der Waals surface area contributed by atoms with Crippen molar-refractivity contribution in [1.29, 1.82) is 0 Å². The summed E-state index contributed by atoms with van der Waals surface area (Å²) < 4.78 is 2.19. The van der Waals surface area contributed by atoms with Gasteiger partial charge in [-0.05, 0) is 35.7 Å². The number of carbonyl (C=O) groups excluding carboxylic acids is 1. The highest BCUT2D eigenvalue weighted by Gasteiger charge is 2.35. The molecule has 1 amide bonds. The number of aryl methyl sites for hydroxylation is 1. The summed E-state index contributed by atoms with van der Waals surface area (Å²) in [6.45, 7) is 0. The first-order valence-corrected chi connectivity index (χ1v) is 9.25. The van der Waals surface area contributed by atoms with Crippen LogP contribution in [0.2, 0.25) is 10.0 Å². The summed E-state index contributed by atoms with van der Waals surface area (Å²) in [4.78, 5) is 12.4. The summed E-state index contributed by atoms with van der Waals surface area (Å²) in [5.41, 5.74) is 4.38. The average Bonchev–Trinajstić information content (AvgIpc) is 2.93. The Balaban J connectivity index is 1.95. The second-order valence-corrected chi connectivity index (χ2v) is 7.42. The van der Waals surface area contributed by atoms with Crippen LogP contribution in [0.15, 0.2) is 42.5 Å². The third-order valence-electron chi connectivity index (χ3n) is 5.15. The highest BCUT2D eigenvalue weighted by atomic mass is 35.5. The summed E-state index contributed by atoms with van der Waals surface area (Å²) in [6, 6.07) is 13.3. The summed E-state index contributed by atoms with van der Waals surface area (Å²) in [7, 11) is 3.72. The number of nitrogens with one attached hydrogen (secondary N) is 2. The molecule has 0 saturated carbocycles.